The Balaban J connectivity index is 2.73. The molecule has 0 aliphatic carbocycles. The Bertz CT molecular complexity index is 374. The van der Waals surface area contributed by atoms with E-state index >= 15 is 0 Å². The quantitative estimate of drug-likeness (QED) is 0.738. The summed E-state index contributed by atoms with van der Waals surface area (Å²) in [6.07, 6.45) is 1.19. The number of benzene rings is 1. The third kappa shape index (κ3) is 6.01. The molecule has 0 saturated heterocycles. The van der Waals surface area contributed by atoms with Crippen LogP contribution in [0.4, 0.5) is 0 Å². The van der Waals surface area contributed by atoms with Gasteiger partial charge in [0, 0.05) is 11.8 Å². The van der Waals surface area contributed by atoms with E-state index in [0.29, 0.717) is 6.04 Å². The summed E-state index contributed by atoms with van der Waals surface area (Å²) in [5.41, 5.74) is 4.24. The van der Waals surface area contributed by atoms with Gasteiger partial charge in [-0.1, -0.05) is 44.5 Å². The lowest BCUT2D eigenvalue weighted by Gasteiger charge is -2.21. The molecule has 0 aliphatic heterocycles. The highest BCUT2D eigenvalue weighted by Crippen LogP contribution is 2.24. The normalized spacial score (nSPS) is 12.9. The second kappa shape index (κ2) is 8.65. The lowest BCUT2D eigenvalue weighted by atomic mass is 10.00. The molecule has 0 spiro atoms. The molecule has 1 atom stereocenters. The van der Waals surface area contributed by atoms with Crippen molar-refractivity contribution in [2.45, 2.75) is 47.1 Å². The zero-order chi connectivity index (χ0) is 14.3. The molecular weight excluding hydrogens is 250 g/mol. The third-order valence-corrected chi connectivity index (χ3v) is 4.66. The van der Waals surface area contributed by atoms with Gasteiger partial charge >= 0.3 is 0 Å². The van der Waals surface area contributed by atoms with E-state index < -0.39 is 0 Å². The summed E-state index contributed by atoms with van der Waals surface area (Å²) >= 11 is 2.07. The first kappa shape index (κ1) is 16.6. The molecule has 0 bridgehead atoms. The third-order valence-electron chi connectivity index (χ3n) is 3.19. The smallest absolute Gasteiger partial charge is 0.0414 e. The van der Waals surface area contributed by atoms with Crippen molar-refractivity contribution in [2.75, 3.05) is 18.1 Å². The lowest BCUT2D eigenvalue weighted by Crippen LogP contribution is -2.25. The first-order chi connectivity index (χ1) is 9.04. The average molecular weight is 279 g/mol. The van der Waals surface area contributed by atoms with Gasteiger partial charge in [0.1, 0.15) is 0 Å². The van der Waals surface area contributed by atoms with Crippen molar-refractivity contribution in [1.82, 2.24) is 5.32 Å². The average Bonchev–Trinajstić information content (AvgIpc) is 2.36. The second-order valence-electron chi connectivity index (χ2n) is 5.80. The first-order valence-corrected chi connectivity index (χ1v) is 8.58. The van der Waals surface area contributed by atoms with E-state index in [2.05, 4.69) is 69.9 Å². The molecule has 1 nitrogen and oxygen atoms in total. The van der Waals surface area contributed by atoms with E-state index in [1.807, 2.05) is 0 Å². The van der Waals surface area contributed by atoms with Crippen LogP contribution in [0.2, 0.25) is 0 Å². The maximum absolute atomic E-state index is 3.71. The topological polar surface area (TPSA) is 12.0 Å². The molecule has 0 aromatic heterocycles. The van der Waals surface area contributed by atoms with Crippen molar-refractivity contribution < 1.29 is 0 Å². The number of rotatable bonds is 8. The summed E-state index contributed by atoms with van der Waals surface area (Å²) in [6, 6.07) is 7.29. The van der Waals surface area contributed by atoms with Gasteiger partial charge in [-0.15, -0.1) is 0 Å². The minimum Gasteiger partial charge on any atom is -0.309 e. The predicted octanol–water partition coefficient (Wildman–Crippen LogP) is 4.73. The van der Waals surface area contributed by atoms with Crippen LogP contribution < -0.4 is 5.32 Å². The fourth-order valence-corrected chi connectivity index (χ4v) is 3.27. The Morgan fingerprint density at radius 2 is 1.89 bits per heavy atom. The number of thioether (sulfide) groups is 1. The van der Waals surface area contributed by atoms with E-state index in [9.17, 15) is 0 Å². The number of hydrogen-bond donors (Lipinski definition) is 1. The molecule has 2 heteroatoms. The summed E-state index contributed by atoms with van der Waals surface area (Å²) in [5.74, 6) is 3.19. The molecule has 1 rings (SSSR count). The fraction of sp³-hybridized carbons (Fsp3) is 0.647. The Morgan fingerprint density at radius 3 is 2.53 bits per heavy atom. The number of hydrogen-bond acceptors (Lipinski definition) is 2. The van der Waals surface area contributed by atoms with Crippen LogP contribution in [-0.4, -0.2) is 18.1 Å². The highest BCUT2D eigenvalue weighted by molar-refractivity contribution is 7.99. The van der Waals surface area contributed by atoms with E-state index in [0.717, 1.165) is 12.5 Å². The molecule has 0 fully saturated rings. The summed E-state index contributed by atoms with van der Waals surface area (Å²) < 4.78 is 0. The van der Waals surface area contributed by atoms with Crippen LogP contribution >= 0.6 is 11.8 Å². The zero-order valence-corrected chi connectivity index (χ0v) is 13.9. The van der Waals surface area contributed by atoms with E-state index in [1.54, 1.807) is 0 Å². The molecule has 0 aliphatic rings. The van der Waals surface area contributed by atoms with Gasteiger partial charge < -0.3 is 5.32 Å². The van der Waals surface area contributed by atoms with Crippen molar-refractivity contribution >= 4 is 11.8 Å². The van der Waals surface area contributed by atoms with E-state index in [4.69, 9.17) is 0 Å². The van der Waals surface area contributed by atoms with Gasteiger partial charge in [-0.05, 0) is 49.6 Å². The van der Waals surface area contributed by atoms with Gasteiger partial charge in [-0.25, -0.2) is 0 Å². The predicted molar refractivity (Wildman–Crippen MR) is 89.1 cm³/mol. The molecule has 0 amide bonds. The monoisotopic (exact) mass is 279 g/mol. The second-order valence-corrected chi connectivity index (χ2v) is 6.87. The molecule has 1 unspecified atom stereocenters. The van der Waals surface area contributed by atoms with Crippen LogP contribution in [0, 0.1) is 19.8 Å². The van der Waals surface area contributed by atoms with E-state index in [-0.39, 0.29) is 0 Å². The van der Waals surface area contributed by atoms with Crippen molar-refractivity contribution in [3.05, 3.63) is 34.9 Å². The van der Waals surface area contributed by atoms with E-state index in [1.165, 1.54) is 34.6 Å². The minimum absolute atomic E-state index is 0.489. The summed E-state index contributed by atoms with van der Waals surface area (Å²) in [4.78, 5) is 0. The Labute approximate surface area is 123 Å². The van der Waals surface area contributed by atoms with Gasteiger partial charge in [0.05, 0.1) is 0 Å². The minimum atomic E-state index is 0.489. The maximum Gasteiger partial charge on any atom is 0.0414 e. The SMILES string of the molecule is CCCNC(CSCC(C)C)c1cc(C)ccc1C. The van der Waals surface area contributed by atoms with Gasteiger partial charge in [-0.2, -0.15) is 11.8 Å². The molecule has 19 heavy (non-hydrogen) atoms. The summed E-state index contributed by atoms with van der Waals surface area (Å²) in [5, 5.41) is 3.71. The van der Waals surface area contributed by atoms with Gasteiger partial charge in [-0.3, -0.25) is 0 Å². The fourth-order valence-electron chi connectivity index (χ4n) is 2.13. The number of aryl methyl sites for hydroxylation is 2. The molecule has 1 aromatic carbocycles. The highest BCUT2D eigenvalue weighted by atomic mass is 32.2. The highest BCUT2D eigenvalue weighted by Gasteiger charge is 2.13. The van der Waals surface area contributed by atoms with Crippen LogP contribution in [0.25, 0.3) is 0 Å². The largest absolute Gasteiger partial charge is 0.309 e. The Hall–Kier alpha value is -0.470. The molecular formula is C17H29NS. The zero-order valence-electron chi connectivity index (χ0n) is 13.1. The molecule has 1 N–H and O–H groups in total. The van der Waals surface area contributed by atoms with Crippen molar-refractivity contribution in [1.29, 1.82) is 0 Å². The van der Waals surface area contributed by atoms with Gasteiger partial charge in [0.25, 0.3) is 0 Å². The summed E-state index contributed by atoms with van der Waals surface area (Å²) in [7, 11) is 0. The molecule has 108 valence electrons. The molecule has 1 aromatic rings. The molecule has 0 saturated carbocycles. The summed E-state index contributed by atoms with van der Waals surface area (Å²) in [6.45, 7) is 12.3. The number of nitrogens with one attached hydrogen (secondary N) is 1. The van der Waals surface area contributed by atoms with Crippen LogP contribution in [0.15, 0.2) is 18.2 Å². The van der Waals surface area contributed by atoms with Gasteiger partial charge in [0.15, 0.2) is 0 Å². The first-order valence-electron chi connectivity index (χ1n) is 7.42. The van der Waals surface area contributed by atoms with Crippen molar-refractivity contribution in [3.63, 3.8) is 0 Å². The van der Waals surface area contributed by atoms with Crippen LogP contribution in [0.1, 0.15) is 49.9 Å². The van der Waals surface area contributed by atoms with Crippen LogP contribution in [-0.2, 0) is 0 Å². The maximum atomic E-state index is 3.71. The lowest BCUT2D eigenvalue weighted by molar-refractivity contribution is 0.574. The van der Waals surface area contributed by atoms with Crippen molar-refractivity contribution in [3.8, 4) is 0 Å². The Kier molecular flexibility index (Phi) is 7.55. The standard InChI is InChI=1S/C17H29NS/c1-6-9-18-17(12-19-11-13(2)3)16-10-14(4)7-8-15(16)5/h7-8,10,13,17-18H,6,9,11-12H2,1-5H3. The van der Waals surface area contributed by atoms with Crippen LogP contribution in [0.3, 0.4) is 0 Å². The van der Waals surface area contributed by atoms with Gasteiger partial charge in [0.2, 0.25) is 0 Å². The van der Waals surface area contributed by atoms with Crippen LogP contribution in [0.5, 0.6) is 0 Å². The molecule has 0 radical (unpaired) electrons. The Morgan fingerprint density at radius 1 is 1.16 bits per heavy atom. The molecule has 0 heterocycles. The van der Waals surface area contributed by atoms with Crippen molar-refractivity contribution in [2.24, 2.45) is 5.92 Å².